The van der Waals surface area contributed by atoms with Crippen LogP contribution in [0.3, 0.4) is 0 Å². The van der Waals surface area contributed by atoms with Crippen molar-refractivity contribution in [3.05, 3.63) is 75.6 Å². The Morgan fingerprint density at radius 2 is 1.80 bits per heavy atom. The summed E-state index contributed by atoms with van der Waals surface area (Å²) in [7, 11) is 2.05. The predicted octanol–water partition coefficient (Wildman–Crippen LogP) is 2.85. The third-order valence-electron chi connectivity index (χ3n) is 5.70. The zero-order valence-corrected chi connectivity index (χ0v) is 17.4. The van der Waals surface area contributed by atoms with E-state index in [4.69, 9.17) is 9.15 Å². The number of hydrogen-bond donors (Lipinski definition) is 0. The van der Waals surface area contributed by atoms with E-state index < -0.39 is 0 Å². The van der Waals surface area contributed by atoms with Crippen LogP contribution in [0.25, 0.3) is 11.0 Å². The molecule has 1 saturated heterocycles. The van der Waals surface area contributed by atoms with Crippen molar-refractivity contribution >= 4 is 16.9 Å². The van der Waals surface area contributed by atoms with Gasteiger partial charge in [-0.1, -0.05) is 30.3 Å². The van der Waals surface area contributed by atoms with Gasteiger partial charge in [0.1, 0.15) is 11.3 Å². The van der Waals surface area contributed by atoms with Crippen LogP contribution in [0, 0.1) is 6.92 Å². The summed E-state index contributed by atoms with van der Waals surface area (Å²) in [4.78, 5) is 29.0. The molecule has 1 aliphatic rings. The highest BCUT2D eigenvalue weighted by Gasteiger charge is 2.19. The van der Waals surface area contributed by atoms with Crippen LogP contribution in [-0.2, 0) is 11.2 Å². The maximum atomic E-state index is 12.6. The lowest BCUT2D eigenvalue weighted by Crippen LogP contribution is -2.48. The van der Waals surface area contributed by atoms with Gasteiger partial charge in [0.05, 0.1) is 0 Å². The maximum absolute atomic E-state index is 12.6. The number of likely N-dealkylation sites (N-methyl/N-ethyl adjacent to an activating group) is 1. The summed E-state index contributed by atoms with van der Waals surface area (Å²) in [6.07, 6.45) is 0.530. The van der Waals surface area contributed by atoms with Gasteiger partial charge in [-0.15, -0.1) is 0 Å². The number of benzene rings is 2. The summed E-state index contributed by atoms with van der Waals surface area (Å²) in [6, 6.07) is 15.3. The van der Waals surface area contributed by atoms with Crippen molar-refractivity contribution in [2.24, 2.45) is 0 Å². The molecule has 0 atom stereocenters. The van der Waals surface area contributed by atoms with Gasteiger partial charge in [0.25, 0.3) is 5.91 Å². The Labute approximate surface area is 175 Å². The van der Waals surface area contributed by atoms with Gasteiger partial charge in [-0.3, -0.25) is 4.79 Å². The van der Waals surface area contributed by atoms with Crippen molar-refractivity contribution in [3.63, 3.8) is 0 Å². The van der Waals surface area contributed by atoms with Crippen molar-refractivity contribution < 1.29 is 13.9 Å². The Morgan fingerprint density at radius 3 is 2.53 bits per heavy atom. The van der Waals surface area contributed by atoms with Gasteiger partial charge in [-0.05, 0) is 37.2 Å². The first-order valence-corrected chi connectivity index (χ1v) is 10.2. The van der Waals surface area contributed by atoms with Crippen molar-refractivity contribution in [2.75, 3.05) is 39.8 Å². The molecule has 2 heterocycles. The minimum atomic E-state index is -0.338. The fraction of sp³-hybridized carbons (Fsp3) is 0.333. The zero-order chi connectivity index (χ0) is 21.1. The molecule has 6 heteroatoms. The van der Waals surface area contributed by atoms with E-state index in [9.17, 15) is 9.59 Å². The average Bonchev–Trinajstić information content (AvgIpc) is 2.76. The summed E-state index contributed by atoms with van der Waals surface area (Å²) in [5.74, 6) is 0.488. The molecule has 1 aromatic heterocycles. The molecule has 0 aliphatic carbocycles. The molecule has 4 rings (SSSR count). The Morgan fingerprint density at radius 1 is 1.07 bits per heavy atom. The maximum Gasteiger partial charge on any atom is 0.340 e. The second-order valence-corrected chi connectivity index (χ2v) is 7.79. The number of rotatable bonds is 5. The van der Waals surface area contributed by atoms with Crippen LogP contribution < -0.4 is 10.4 Å². The van der Waals surface area contributed by atoms with Gasteiger partial charge in [0, 0.05) is 49.6 Å². The second-order valence-electron chi connectivity index (χ2n) is 7.79. The van der Waals surface area contributed by atoms with E-state index in [1.807, 2.05) is 54.3 Å². The highest BCUT2D eigenvalue weighted by Crippen LogP contribution is 2.25. The minimum Gasteiger partial charge on any atom is -0.484 e. The van der Waals surface area contributed by atoms with Gasteiger partial charge in [-0.25, -0.2) is 4.79 Å². The van der Waals surface area contributed by atoms with Gasteiger partial charge in [0.15, 0.2) is 6.61 Å². The summed E-state index contributed by atoms with van der Waals surface area (Å²) in [5, 5.41) is 0.873. The summed E-state index contributed by atoms with van der Waals surface area (Å²) in [6.45, 7) is 5.09. The van der Waals surface area contributed by atoms with Gasteiger partial charge < -0.3 is 19.0 Å². The quantitative estimate of drug-likeness (QED) is 0.610. The molecule has 0 unspecified atom stereocenters. The standard InChI is InChI=1S/C24H26N2O4/c1-17-20-9-8-19(29-16-23(27)26-12-10-25(2)11-13-26)15-22(20)30-24(28)21(17)14-18-6-4-3-5-7-18/h3-9,15H,10-14,16H2,1-2H3. The number of hydrogen-bond acceptors (Lipinski definition) is 5. The number of carbonyl (C=O) groups excluding carboxylic acids is 1. The minimum absolute atomic E-state index is 0.0233. The van der Waals surface area contributed by atoms with Crippen LogP contribution in [0.15, 0.2) is 57.7 Å². The zero-order valence-electron chi connectivity index (χ0n) is 17.4. The third kappa shape index (κ3) is 4.39. The molecule has 0 saturated carbocycles. The normalized spacial score (nSPS) is 14.8. The van der Waals surface area contributed by atoms with E-state index in [0.29, 0.717) is 36.4 Å². The number of nitrogens with zero attached hydrogens (tertiary/aromatic N) is 2. The molecule has 2 aromatic carbocycles. The molecule has 0 spiro atoms. The lowest BCUT2D eigenvalue weighted by Gasteiger charge is -2.32. The van der Waals surface area contributed by atoms with Crippen LogP contribution >= 0.6 is 0 Å². The molecule has 6 nitrogen and oxygen atoms in total. The van der Waals surface area contributed by atoms with Crippen molar-refractivity contribution in [1.82, 2.24) is 9.80 Å². The summed E-state index contributed by atoms with van der Waals surface area (Å²) in [5.41, 5.74) is 2.76. The Kier molecular flexibility index (Phi) is 5.86. The first-order valence-electron chi connectivity index (χ1n) is 10.2. The van der Waals surface area contributed by atoms with E-state index in [-0.39, 0.29) is 18.1 Å². The highest BCUT2D eigenvalue weighted by atomic mass is 16.5. The van der Waals surface area contributed by atoms with E-state index in [2.05, 4.69) is 11.9 Å². The molecule has 0 bridgehead atoms. The molecule has 0 radical (unpaired) electrons. The molecule has 1 amide bonds. The smallest absolute Gasteiger partial charge is 0.340 e. The molecular formula is C24H26N2O4. The Balaban J connectivity index is 1.50. The van der Waals surface area contributed by atoms with Gasteiger partial charge >= 0.3 is 5.63 Å². The Hall–Kier alpha value is -3.12. The lowest BCUT2D eigenvalue weighted by molar-refractivity contribution is -0.134. The Bertz CT molecular complexity index is 1100. The molecule has 1 aliphatic heterocycles. The second kappa shape index (κ2) is 8.71. The number of carbonyl (C=O) groups is 1. The molecule has 0 N–H and O–H groups in total. The number of aryl methyl sites for hydroxylation is 1. The first-order chi connectivity index (χ1) is 14.5. The number of ether oxygens (including phenoxy) is 1. The number of amides is 1. The number of fused-ring (bicyclic) bond motifs is 1. The monoisotopic (exact) mass is 406 g/mol. The topological polar surface area (TPSA) is 63.0 Å². The van der Waals surface area contributed by atoms with Crippen molar-refractivity contribution in [1.29, 1.82) is 0 Å². The van der Waals surface area contributed by atoms with Crippen LogP contribution in [0.2, 0.25) is 0 Å². The predicted molar refractivity (Wildman–Crippen MR) is 116 cm³/mol. The largest absolute Gasteiger partial charge is 0.484 e. The van der Waals surface area contributed by atoms with Crippen LogP contribution in [0.1, 0.15) is 16.7 Å². The molecule has 156 valence electrons. The van der Waals surface area contributed by atoms with Crippen LogP contribution in [0.4, 0.5) is 0 Å². The summed E-state index contributed by atoms with van der Waals surface area (Å²) < 4.78 is 11.3. The molecule has 30 heavy (non-hydrogen) atoms. The summed E-state index contributed by atoms with van der Waals surface area (Å²) >= 11 is 0. The number of piperazine rings is 1. The average molecular weight is 406 g/mol. The van der Waals surface area contributed by atoms with E-state index in [1.165, 1.54) is 0 Å². The lowest BCUT2D eigenvalue weighted by atomic mass is 10.00. The fourth-order valence-electron chi connectivity index (χ4n) is 3.76. The van der Waals surface area contributed by atoms with Crippen molar-refractivity contribution in [3.8, 4) is 5.75 Å². The van der Waals surface area contributed by atoms with Crippen LogP contribution in [0.5, 0.6) is 5.75 Å². The fourth-order valence-corrected chi connectivity index (χ4v) is 3.76. The van der Waals surface area contributed by atoms with Crippen LogP contribution in [-0.4, -0.2) is 55.5 Å². The third-order valence-corrected chi connectivity index (χ3v) is 5.70. The molecular weight excluding hydrogens is 380 g/mol. The highest BCUT2D eigenvalue weighted by molar-refractivity contribution is 5.83. The first kappa shape index (κ1) is 20.2. The van der Waals surface area contributed by atoms with E-state index in [0.717, 1.165) is 29.6 Å². The van der Waals surface area contributed by atoms with Crippen molar-refractivity contribution in [2.45, 2.75) is 13.3 Å². The molecule has 1 fully saturated rings. The van der Waals surface area contributed by atoms with E-state index >= 15 is 0 Å². The van der Waals surface area contributed by atoms with Gasteiger partial charge in [-0.2, -0.15) is 0 Å². The van der Waals surface area contributed by atoms with E-state index in [1.54, 1.807) is 6.07 Å². The van der Waals surface area contributed by atoms with Gasteiger partial charge in [0.2, 0.25) is 0 Å². The molecule has 3 aromatic rings. The SMILES string of the molecule is Cc1c(Cc2ccccc2)c(=O)oc2cc(OCC(=O)N3CCN(C)CC3)ccc12.